The third kappa shape index (κ3) is 4.97. The zero-order valence-corrected chi connectivity index (χ0v) is 13.1. The molecule has 1 aliphatic carbocycles. The number of nitrogens with one attached hydrogen (secondary N) is 1. The number of hydrogen-bond donors (Lipinski definition) is 1. The van der Waals surface area contributed by atoms with Crippen molar-refractivity contribution >= 4 is 16.9 Å². The highest BCUT2D eigenvalue weighted by Gasteiger charge is 2.37. The number of amidine groups is 1. The van der Waals surface area contributed by atoms with Gasteiger partial charge in [-0.25, -0.2) is 0 Å². The number of nitrogens with zero attached hydrogens (tertiary/aromatic N) is 2. The van der Waals surface area contributed by atoms with Crippen LogP contribution in [0, 0.1) is 0 Å². The summed E-state index contributed by atoms with van der Waals surface area (Å²) in [5.74, 6) is 1.20. The van der Waals surface area contributed by atoms with Crippen LogP contribution in [0.2, 0.25) is 0 Å². The van der Waals surface area contributed by atoms with E-state index < -0.39 is 0 Å². The highest BCUT2D eigenvalue weighted by molar-refractivity contribution is 8.14. The van der Waals surface area contributed by atoms with Crippen LogP contribution >= 0.6 is 11.8 Å². The molecule has 1 saturated heterocycles. The van der Waals surface area contributed by atoms with Crippen LogP contribution in [0.4, 0.5) is 0 Å². The van der Waals surface area contributed by atoms with E-state index in [1.165, 1.54) is 37.9 Å². The van der Waals surface area contributed by atoms with E-state index in [0.29, 0.717) is 5.54 Å². The van der Waals surface area contributed by atoms with Gasteiger partial charge in [-0.05, 0) is 26.9 Å². The molecule has 0 aromatic rings. The summed E-state index contributed by atoms with van der Waals surface area (Å²) in [6, 6.07) is 0. The second kappa shape index (κ2) is 7.50. The maximum Gasteiger partial charge on any atom is 0.157 e. The molecule has 5 heteroatoms. The summed E-state index contributed by atoms with van der Waals surface area (Å²) in [6.07, 6.45) is 6.78. The van der Waals surface area contributed by atoms with Gasteiger partial charge in [-0.15, -0.1) is 0 Å². The standard InChI is InChI=1S/C14H27N3OS/c1-17(2)9-11-18-10-8-15-13-16-14(12-19-13)6-4-3-5-7-14/h3-12H2,1-2H3,(H,15,16). The fourth-order valence-corrected chi connectivity index (χ4v) is 3.89. The van der Waals surface area contributed by atoms with Crippen molar-refractivity contribution in [1.82, 2.24) is 10.2 Å². The lowest BCUT2D eigenvalue weighted by Gasteiger charge is -2.32. The summed E-state index contributed by atoms with van der Waals surface area (Å²) in [4.78, 5) is 6.75. The maximum absolute atomic E-state index is 5.56. The Morgan fingerprint density at radius 1 is 1.26 bits per heavy atom. The number of ether oxygens (including phenoxy) is 1. The van der Waals surface area contributed by atoms with Crippen molar-refractivity contribution in [2.45, 2.75) is 37.6 Å². The summed E-state index contributed by atoms with van der Waals surface area (Å²) in [5.41, 5.74) is 0.369. The van der Waals surface area contributed by atoms with Gasteiger partial charge in [-0.2, -0.15) is 0 Å². The van der Waals surface area contributed by atoms with E-state index in [2.05, 4.69) is 29.3 Å². The molecule has 0 aromatic carbocycles. The van der Waals surface area contributed by atoms with E-state index in [1.54, 1.807) is 0 Å². The quantitative estimate of drug-likeness (QED) is 0.757. The summed E-state index contributed by atoms with van der Waals surface area (Å²) in [5, 5.41) is 4.80. The molecule has 1 aliphatic heterocycles. The first-order valence-electron chi connectivity index (χ1n) is 7.38. The minimum Gasteiger partial charge on any atom is -0.378 e. The van der Waals surface area contributed by atoms with Crippen molar-refractivity contribution in [3.63, 3.8) is 0 Å². The Morgan fingerprint density at radius 2 is 2.05 bits per heavy atom. The molecule has 110 valence electrons. The molecular formula is C14H27N3OS. The summed E-state index contributed by atoms with van der Waals surface area (Å²) < 4.78 is 5.56. The monoisotopic (exact) mass is 285 g/mol. The Labute approximate surface area is 121 Å². The van der Waals surface area contributed by atoms with Crippen LogP contribution in [-0.2, 0) is 4.74 Å². The molecule has 2 aliphatic rings. The molecule has 1 heterocycles. The van der Waals surface area contributed by atoms with Crippen molar-refractivity contribution in [1.29, 1.82) is 0 Å². The predicted octanol–water partition coefficient (Wildman–Crippen LogP) is 1.96. The van der Waals surface area contributed by atoms with Gasteiger partial charge in [0.15, 0.2) is 5.17 Å². The lowest BCUT2D eigenvalue weighted by molar-refractivity contribution is 0.124. The van der Waals surface area contributed by atoms with Crippen LogP contribution in [0.3, 0.4) is 0 Å². The normalized spacial score (nSPS) is 24.3. The van der Waals surface area contributed by atoms with Gasteiger partial charge < -0.3 is 15.0 Å². The number of thioether (sulfide) groups is 1. The first-order valence-corrected chi connectivity index (χ1v) is 8.37. The molecule has 0 unspecified atom stereocenters. The highest BCUT2D eigenvalue weighted by Crippen LogP contribution is 2.35. The second-order valence-electron chi connectivity index (χ2n) is 5.86. The molecule has 0 aromatic heterocycles. The van der Waals surface area contributed by atoms with Gasteiger partial charge >= 0.3 is 0 Å². The topological polar surface area (TPSA) is 36.9 Å². The number of rotatable bonds is 6. The van der Waals surface area contributed by atoms with Gasteiger partial charge in [0.2, 0.25) is 0 Å². The maximum atomic E-state index is 5.56. The smallest absolute Gasteiger partial charge is 0.157 e. The fourth-order valence-electron chi connectivity index (χ4n) is 2.65. The first kappa shape index (κ1) is 15.1. The average Bonchev–Trinajstić information content (AvgIpc) is 2.77. The van der Waals surface area contributed by atoms with Crippen molar-refractivity contribution in [2.24, 2.45) is 4.99 Å². The van der Waals surface area contributed by atoms with E-state index in [-0.39, 0.29) is 0 Å². The molecule has 2 fully saturated rings. The Kier molecular flexibility index (Phi) is 5.98. The zero-order valence-electron chi connectivity index (χ0n) is 12.3. The van der Waals surface area contributed by atoms with Gasteiger partial charge in [-0.1, -0.05) is 31.0 Å². The molecule has 0 radical (unpaired) electrons. The average molecular weight is 285 g/mol. The lowest BCUT2D eigenvalue weighted by atomic mass is 9.83. The Hall–Kier alpha value is -0.260. The number of aliphatic imine (C=N–C) groups is 1. The summed E-state index contributed by atoms with van der Waals surface area (Å²) in [6.45, 7) is 3.28. The minimum absolute atomic E-state index is 0.369. The van der Waals surface area contributed by atoms with Crippen LogP contribution in [0.1, 0.15) is 32.1 Å². The van der Waals surface area contributed by atoms with Gasteiger partial charge in [0.25, 0.3) is 0 Å². The van der Waals surface area contributed by atoms with E-state index in [0.717, 1.165) is 31.5 Å². The molecule has 1 N–H and O–H groups in total. The van der Waals surface area contributed by atoms with E-state index in [4.69, 9.17) is 4.74 Å². The first-order chi connectivity index (χ1) is 9.20. The molecule has 0 atom stereocenters. The van der Waals surface area contributed by atoms with E-state index in [1.807, 2.05) is 11.8 Å². The molecule has 19 heavy (non-hydrogen) atoms. The van der Waals surface area contributed by atoms with Gasteiger partial charge in [0.1, 0.15) is 0 Å². The molecule has 1 spiro atoms. The summed E-state index contributed by atoms with van der Waals surface area (Å²) >= 11 is 1.89. The van der Waals surface area contributed by atoms with Crippen LogP contribution < -0.4 is 5.32 Å². The Bertz CT molecular complexity index is 301. The Balaban J connectivity index is 1.62. The second-order valence-corrected chi connectivity index (χ2v) is 6.82. The fraction of sp³-hybridized carbons (Fsp3) is 0.929. The van der Waals surface area contributed by atoms with Crippen LogP contribution in [0.25, 0.3) is 0 Å². The van der Waals surface area contributed by atoms with Crippen LogP contribution in [0.5, 0.6) is 0 Å². The lowest BCUT2D eigenvalue weighted by Crippen LogP contribution is -2.45. The van der Waals surface area contributed by atoms with Crippen molar-refractivity contribution in [3.05, 3.63) is 0 Å². The molecule has 2 rings (SSSR count). The molecular weight excluding hydrogens is 258 g/mol. The van der Waals surface area contributed by atoms with Crippen molar-refractivity contribution in [2.75, 3.05) is 46.2 Å². The number of hydrogen-bond acceptors (Lipinski definition) is 4. The van der Waals surface area contributed by atoms with Gasteiger partial charge in [0.05, 0.1) is 19.8 Å². The van der Waals surface area contributed by atoms with E-state index >= 15 is 0 Å². The van der Waals surface area contributed by atoms with Crippen LogP contribution in [-0.4, -0.2) is 61.8 Å². The zero-order chi connectivity index (χ0) is 13.6. The summed E-state index contributed by atoms with van der Waals surface area (Å²) in [7, 11) is 4.12. The minimum atomic E-state index is 0.369. The Morgan fingerprint density at radius 3 is 2.79 bits per heavy atom. The molecule has 1 saturated carbocycles. The molecule has 0 bridgehead atoms. The largest absolute Gasteiger partial charge is 0.378 e. The van der Waals surface area contributed by atoms with Crippen molar-refractivity contribution in [3.8, 4) is 0 Å². The van der Waals surface area contributed by atoms with Crippen LogP contribution in [0.15, 0.2) is 4.99 Å². The molecule has 0 amide bonds. The molecule has 4 nitrogen and oxygen atoms in total. The predicted molar refractivity (Wildman–Crippen MR) is 83.1 cm³/mol. The highest BCUT2D eigenvalue weighted by atomic mass is 32.2. The van der Waals surface area contributed by atoms with Gasteiger partial charge in [-0.3, -0.25) is 4.99 Å². The van der Waals surface area contributed by atoms with E-state index in [9.17, 15) is 0 Å². The third-order valence-corrected chi connectivity index (χ3v) is 5.04. The van der Waals surface area contributed by atoms with Gasteiger partial charge in [0, 0.05) is 17.8 Å². The third-order valence-electron chi connectivity index (χ3n) is 3.84. The number of likely N-dealkylation sites (N-methyl/N-ethyl adjacent to an activating group) is 1. The van der Waals surface area contributed by atoms with Crippen molar-refractivity contribution < 1.29 is 4.74 Å². The SMILES string of the molecule is CN(C)CCOCCN=C1NC2(CCCCC2)CS1.